The molecule has 1 aromatic heterocycles. The van der Waals surface area contributed by atoms with Gasteiger partial charge in [0, 0.05) is 12.0 Å². The minimum absolute atomic E-state index is 0.0132. The van der Waals surface area contributed by atoms with Crippen molar-refractivity contribution in [2.45, 2.75) is 17.9 Å². The Morgan fingerprint density at radius 2 is 1.20 bits per heavy atom. The van der Waals surface area contributed by atoms with E-state index in [0.29, 0.717) is 17.8 Å². The maximum atomic E-state index is 12.9. The molecule has 0 N–H and O–H groups in total. The normalized spacial score (nSPS) is 11.3. The van der Waals surface area contributed by atoms with Crippen LogP contribution in [0.4, 0.5) is 0 Å². The molecule has 4 rings (SSSR count). The fourth-order valence-electron chi connectivity index (χ4n) is 3.34. The van der Waals surface area contributed by atoms with E-state index < -0.39 is 9.84 Å². The van der Waals surface area contributed by atoms with Gasteiger partial charge in [-0.1, -0.05) is 91.0 Å². The van der Waals surface area contributed by atoms with E-state index in [1.165, 1.54) is 0 Å². The summed E-state index contributed by atoms with van der Waals surface area (Å²) in [6.45, 7) is 0. The first-order valence-corrected chi connectivity index (χ1v) is 11.6. The number of benzene rings is 3. The lowest BCUT2D eigenvalue weighted by molar-refractivity contribution is 0.593. The molecule has 5 heteroatoms. The van der Waals surface area contributed by atoms with Crippen LogP contribution in [0.5, 0.6) is 0 Å². The van der Waals surface area contributed by atoms with Crippen LogP contribution >= 0.6 is 0 Å². The third-order valence-corrected chi connectivity index (χ3v) is 6.29. The number of sulfone groups is 1. The number of hydrogen-bond acceptors (Lipinski definition) is 4. The lowest BCUT2D eigenvalue weighted by Crippen LogP contribution is -2.12. The van der Waals surface area contributed by atoms with Crippen molar-refractivity contribution in [3.63, 3.8) is 0 Å². The van der Waals surface area contributed by atoms with E-state index in [2.05, 4.69) is 4.98 Å². The summed E-state index contributed by atoms with van der Waals surface area (Å²) in [6.07, 6.45) is 2.20. The summed E-state index contributed by atoms with van der Waals surface area (Å²) in [6, 6.07) is 28.9. The number of nitrogens with zero attached hydrogens (tertiary/aromatic N) is 2. The molecule has 0 aliphatic heterocycles. The molecule has 3 aromatic carbocycles. The highest BCUT2D eigenvalue weighted by atomic mass is 32.2. The van der Waals surface area contributed by atoms with Gasteiger partial charge in [-0.25, -0.2) is 13.4 Å². The van der Waals surface area contributed by atoms with Crippen molar-refractivity contribution < 1.29 is 8.42 Å². The molecule has 1 heterocycles. The lowest BCUT2D eigenvalue weighted by Gasteiger charge is -2.11. The molecule has 0 atom stereocenters. The molecule has 4 aromatic rings. The van der Waals surface area contributed by atoms with Gasteiger partial charge in [0.15, 0.2) is 9.84 Å². The molecule has 0 unspecified atom stereocenters. The quantitative estimate of drug-likeness (QED) is 0.434. The Labute approximate surface area is 177 Å². The van der Waals surface area contributed by atoms with Crippen molar-refractivity contribution in [1.29, 1.82) is 0 Å². The van der Waals surface area contributed by atoms with Crippen molar-refractivity contribution in [3.8, 4) is 11.3 Å². The van der Waals surface area contributed by atoms with E-state index in [1.807, 2.05) is 91.0 Å². The van der Waals surface area contributed by atoms with Gasteiger partial charge < -0.3 is 0 Å². The van der Waals surface area contributed by atoms with Crippen LogP contribution in [0.1, 0.15) is 22.5 Å². The highest BCUT2D eigenvalue weighted by Gasteiger charge is 2.19. The van der Waals surface area contributed by atoms with Crippen molar-refractivity contribution in [1.82, 2.24) is 9.97 Å². The third-order valence-electron chi connectivity index (χ3n) is 4.80. The molecule has 0 bridgehead atoms. The molecule has 4 nitrogen and oxygen atoms in total. The molecular formula is C25H22N2O2S. The second kappa shape index (κ2) is 9.01. The Hall–Kier alpha value is -3.31. The predicted molar refractivity (Wildman–Crippen MR) is 119 cm³/mol. The van der Waals surface area contributed by atoms with Crippen molar-refractivity contribution >= 4 is 9.84 Å². The zero-order valence-electron chi connectivity index (χ0n) is 16.5. The first-order valence-electron chi connectivity index (χ1n) is 9.77. The molecular weight excluding hydrogens is 392 g/mol. The number of hydrogen-bond donors (Lipinski definition) is 0. The summed E-state index contributed by atoms with van der Waals surface area (Å²) in [4.78, 5) is 9.34. The van der Waals surface area contributed by atoms with E-state index in [4.69, 9.17) is 4.98 Å². The number of aromatic nitrogens is 2. The summed E-state index contributed by atoms with van der Waals surface area (Å²) >= 11 is 0. The second-order valence-corrected chi connectivity index (χ2v) is 9.26. The molecule has 30 heavy (non-hydrogen) atoms. The molecule has 0 aliphatic rings. The minimum Gasteiger partial charge on any atom is -0.256 e. The zero-order chi connectivity index (χ0) is 20.8. The van der Waals surface area contributed by atoms with Crippen LogP contribution < -0.4 is 0 Å². The Morgan fingerprint density at radius 1 is 0.633 bits per heavy atom. The van der Waals surface area contributed by atoms with Gasteiger partial charge >= 0.3 is 0 Å². The zero-order valence-corrected chi connectivity index (χ0v) is 17.3. The highest BCUT2D eigenvalue weighted by Crippen LogP contribution is 2.21. The van der Waals surface area contributed by atoms with Crippen molar-refractivity contribution in [2.24, 2.45) is 0 Å². The molecule has 0 fully saturated rings. The maximum absolute atomic E-state index is 12.9. The fourth-order valence-corrected chi connectivity index (χ4v) is 4.80. The first kappa shape index (κ1) is 20.0. The van der Waals surface area contributed by atoms with Gasteiger partial charge in [0.05, 0.1) is 34.8 Å². The summed E-state index contributed by atoms with van der Waals surface area (Å²) in [5.41, 5.74) is 4.74. The van der Waals surface area contributed by atoms with Gasteiger partial charge in [0.1, 0.15) is 0 Å². The van der Waals surface area contributed by atoms with Gasteiger partial charge in [-0.2, -0.15) is 0 Å². The van der Waals surface area contributed by atoms with Gasteiger partial charge in [0.25, 0.3) is 0 Å². The average Bonchev–Trinajstić information content (AvgIpc) is 2.76. The van der Waals surface area contributed by atoms with Crippen LogP contribution in [-0.2, 0) is 27.8 Å². The lowest BCUT2D eigenvalue weighted by atomic mass is 10.1. The Morgan fingerprint density at radius 3 is 1.83 bits per heavy atom. The molecule has 0 radical (unpaired) electrons. The van der Waals surface area contributed by atoms with Crippen molar-refractivity contribution in [2.75, 3.05) is 0 Å². The molecule has 0 amide bonds. The average molecular weight is 415 g/mol. The summed E-state index contributed by atoms with van der Waals surface area (Å²) in [7, 11) is -3.38. The van der Waals surface area contributed by atoms with Crippen LogP contribution in [0.25, 0.3) is 11.3 Å². The van der Waals surface area contributed by atoms with E-state index in [0.717, 1.165) is 22.4 Å². The molecule has 0 saturated carbocycles. The standard InChI is InChI=1S/C25H22N2O2S/c28-30(29,18-21-12-6-2-7-13-21)19-25-23(16-20-10-4-1-5-11-20)27-24(17-26-25)22-14-8-3-9-15-22/h1-15,17H,16,18-19H2. The number of rotatable bonds is 7. The van der Waals surface area contributed by atoms with Crippen LogP contribution in [0.2, 0.25) is 0 Å². The Kier molecular flexibility index (Phi) is 6.00. The summed E-state index contributed by atoms with van der Waals surface area (Å²) in [5.74, 6) is -0.146. The monoisotopic (exact) mass is 414 g/mol. The van der Waals surface area contributed by atoms with Gasteiger partial charge in [-0.15, -0.1) is 0 Å². The largest absolute Gasteiger partial charge is 0.256 e. The van der Waals surface area contributed by atoms with E-state index in [-0.39, 0.29) is 11.5 Å². The minimum atomic E-state index is -3.38. The van der Waals surface area contributed by atoms with Crippen molar-refractivity contribution in [3.05, 3.63) is 120 Å². The second-order valence-electron chi connectivity index (χ2n) is 7.19. The Bertz CT molecular complexity index is 1210. The van der Waals surface area contributed by atoms with E-state index >= 15 is 0 Å². The SMILES string of the molecule is O=S(=O)(Cc1ccccc1)Cc1ncc(-c2ccccc2)nc1Cc1ccccc1. The van der Waals surface area contributed by atoms with Crippen LogP contribution in [0, 0.1) is 0 Å². The summed E-state index contributed by atoms with van der Waals surface area (Å²) in [5, 5.41) is 0. The predicted octanol–water partition coefficient (Wildman–Crippen LogP) is 4.85. The van der Waals surface area contributed by atoms with Gasteiger partial charge in [-0.05, 0) is 11.1 Å². The van der Waals surface area contributed by atoms with Crippen LogP contribution in [0.3, 0.4) is 0 Å². The molecule has 0 aliphatic carbocycles. The van der Waals surface area contributed by atoms with Gasteiger partial charge in [-0.3, -0.25) is 4.98 Å². The van der Waals surface area contributed by atoms with E-state index in [1.54, 1.807) is 6.20 Å². The van der Waals surface area contributed by atoms with Gasteiger partial charge in [0.2, 0.25) is 0 Å². The Balaban J connectivity index is 1.67. The topological polar surface area (TPSA) is 59.9 Å². The molecule has 0 spiro atoms. The smallest absolute Gasteiger partial charge is 0.160 e. The third kappa shape index (κ3) is 5.19. The molecule has 0 saturated heterocycles. The first-order chi connectivity index (χ1) is 14.6. The van der Waals surface area contributed by atoms with Crippen LogP contribution in [-0.4, -0.2) is 18.4 Å². The van der Waals surface area contributed by atoms with E-state index in [9.17, 15) is 8.42 Å². The van der Waals surface area contributed by atoms with Crippen LogP contribution in [0.15, 0.2) is 97.2 Å². The maximum Gasteiger partial charge on any atom is 0.160 e. The molecule has 150 valence electrons. The summed E-state index contributed by atoms with van der Waals surface area (Å²) < 4.78 is 25.7. The fraction of sp³-hybridized carbons (Fsp3) is 0.120. The highest BCUT2D eigenvalue weighted by molar-refractivity contribution is 7.89.